The van der Waals surface area contributed by atoms with Crippen LogP contribution in [0.3, 0.4) is 0 Å². The predicted molar refractivity (Wildman–Crippen MR) is 27.0 cm³/mol. The zero-order chi connectivity index (χ0) is 6.53. The van der Waals surface area contributed by atoms with Crippen molar-refractivity contribution in [3.8, 4) is 0 Å². The summed E-state index contributed by atoms with van der Waals surface area (Å²) < 4.78 is 12.7. The molecule has 48 valence electrons. The summed E-state index contributed by atoms with van der Waals surface area (Å²) >= 11 is 0. The van der Waals surface area contributed by atoms with Gasteiger partial charge in [0.2, 0.25) is 12.4 Å². The van der Waals surface area contributed by atoms with Gasteiger partial charge in [-0.25, -0.2) is 4.84 Å². The molecule has 0 N–H and O–H groups in total. The van der Waals surface area contributed by atoms with Gasteiger partial charge in [0.25, 0.3) is 6.86 Å². The van der Waals surface area contributed by atoms with Gasteiger partial charge in [0.1, 0.15) is 0 Å². The summed E-state index contributed by atoms with van der Waals surface area (Å²) in [6.45, 7) is -0.825. The Morgan fingerprint density at radius 2 is 2.11 bits per heavy atom. The van der Waals surface area contributed by atoms with Gasteiger partial charge in [-0.1, -0.05) is 0 Å². The smallest absolute Gasteiger partial charge is 0.252 e. The fraction of sp³-hybridized carbons (Fsp3) is 0.200. The molecule has 0 amide bonds. The van der Waals surface area contributed by atoms with Crippen molar-refractivity contribution in [1.82, 2.24) is 4.98 Å². The first-order chi connectivity index (χ1) is 4.43. The second kappa shape index (κ2) is 2.96. The first-order valence-corrected chi connectivity index (χ1v) is 2.44. The molecule has 9 heavy (non-hydrogen) atoms. The van der Waals surface area contributed by atoms with Gasteiger partial charge < -0.3 is 0 Å². The summed E-state index contributed by atoms with van der Waals surface area (Å²) in [5, 5.41) is 0. The summed E-state index contributed by atoms with van der Waals surface area (Å²) in [4.78, 5) is 8.12. The van der Waals surface area contributed by atoms with Gasteiger partial charge in [-0.3, -0.25) is 4.98 Å². The SMILES string of the molecule is FCO[n+]1ccncc1. The van der Waals surface area contributed by atoms with Crippen LogP contribution < -0.4 is 9.57 Å². The van der Waals surface area contributed by atoms with Crippen LogP contribution in [0, 0.1) is 0 Å². The zero-order valence-corrected chi connectivity index (χ0v) is 4.70. The molecule has 4 heteroatoms. The van der Waals surface area contributed by atoms with E-state index in [2.05, 4.69) is 9.82 Å². The minimum atomic E-state index is -0.825. The van der Waals surface area contributed by atoms with Crippen LogP contribution in [-0.4, -0.2) is 11.8 Å². The first-order valence-electron chi connectivity index (χ1n) is 2.44. The molecule has 1 rings (SSSR count). The quantitative estimate of drug-likeness (QED) is 0.513. The van der Waals surface area contributed by atoms with E-state index in [-0.39, 0.29) is 0 Å². The van der Waals surface area contributed by atoms with Crippen molar-refractivity contribution in [3.05, 3.63) is 24.8 Å². The molecule has 0 saturated carbocycles. The topological polar surface area (TPSA) is 26.0 Å². The zero-order valence-electron chi connectivity index (χ0n) is 4.70. The maximum atomic E-state index is 11.4. The van der Waals surface area contributed by atoms with Crippen molar-refractivity contribution in [1.29, 1.82) is 0 Å². The van der Waals surface area contributed by atoms with Gasteiger partial charge in [-0.05, 0) is 0 Å². The van der Waals surface area contributed by atoms with Crippen molar-refractivity contribution in [3.63, 3.8) is 0 Å². The van der Waals surface area contributed by atoms with Gasteiger partial charge in [-0.15, -0.1) is 0 Å². The van der Waals surface area contributed by atoms with E-state index in [1.54, 1.807) is 0 Å². The Morgan fingerprint density at radius 1 is 1.44 bits per heavy atom. The van der Waals surface area contributed by atoms with E-state index in [1.165, 1.54) is 29.5 Å². The minimum Gasteiger partial charge on any atom is -0.252 e. The standard InChI is InChI=1S/C5H6FN2O/c6-5-9-8-3-1-7-2-4-8/h1-4H,5H2/q+1. The first kappa shape index (κ1) is 5.94. The number of aromatic nitrogens is 2. The molecule has 3 nitrogen and oxygen atoms in total. The van der Waals surface area contributed by atoms with Crippen LogP contribution in [0.5, 0.6) is 0 Å². The molecule has 0 atom stereocenters. The molecular weight excluding hydrogens is 123 g/mol. The van der Waals surface area contributed by atoms with Crippen molar-refractivity contribution < 1.29 is 14.0 Å². The van der Waals surface area contributed by atoms with Crippen LogP contribution in [0.25, 0.3) is 0 Å². The largest absolute Gasteiger partial charge is 0.297 e. The highest BCUT2D eigenvalue weighted by Crippen LogP contribution is 1.67. The molecule has 0 aliphatic rings. The maximum Gasteiger partial charge on any atom is 0.297 e. The third kappa shape index (κ3) is 1.64. The van der Waals surface area contributed by atoms with E-state index >= 15 is 0 Å². The molecule has 0 saturated heterocycles. The van der Waals surface area contributed by atoms with Crippen molar-refractivity contribution >= 4 is 0 Å². The maximum absolute atomic E-state index is 11.4. The average molecular weight is 129 g/mol. The van der Waals surface area contributed by atoms with Crippen LogP contribution in [0.15, 0.2) is 24.8 Å². The molecule has 0 fully saturated rings. The van der Waals surface area contributed by atoms with Crippen LogP contribution in [-0.2, 0) is 0 Å². The minimum absolute atomic E-state index is 0.825. The molecular formula is C5H6FN2O+. The lowest BCUT2D eigenvalue weighted by molar-refractivity contribution is -0.895. The van der Waals surface area contributed by atoms with Gasteiger partial charge in [0, 0.05) is 4.73 Å². The van der Waals surface area contributed by atoms with Gasteiger partial charge in [-0.2, -0.15) is 4.39 Å². The second-order valence-corrected chi connectivity index (χ2v) is 1.34. The highest BCUT2D eigenvalue weighted by atomic mass is 19.1. The number of hydrogen-bond donors (Lipinski definition) is 0. The molecule has 0 bridgehead atoms. The molecule has 1 heterocycles. The monoisotopic (exact) mass is 129 g/mol. The van der Waals surface area contributed by atoms with Crippen LogP contribution in [0.4, 0.5) is 4.39 Å². The van der Waals surface area contributed by atoms with E-state index in [0.717, 1.165) is 0 Å². The Hall–Kier alpha value is -1.19. The van der Waals surface area contributed by atoms with E-state index in [0.29, 0.717) is 0 Å². The van der Waals surface area contributed by atoms with Gasteiger partial charge in [0.15, 0.2) is 0 Å². The van der Waals surface area contributed by atoms with E-state index < -0.39 is 6.86 Å². The molecule has 1 aromatic rings. The molecule has 0 radical (unpaired) electrons. The van der Waals surface area contributed by atoms with Crippen molar-refractivity contribution in [2.24, 2.45) is 0 Å². The third-order valence-electron chi connectivity index (χ3n) is 0.797. The van der Waals surface area contributed by atoms with E-state index in [4.69, 9.17) is 0 Å². The summed E-state index contributed by atoms with van der Waals surface area (Å²) in [5.74, 6) is 0. The van der Waals surface area contributed by atoms with Crippen LogP contribution in [0.2, 0.25) is 0 Å². The lowest BCUT2D eigenvalue weighted by Crippen LogP contribution is -2.41. The second-order valence-electron chi connectivity index (χ2n) is 1.34. The molecule has 0 aliphatic heterocycles. The summed E-state index contributed by atoms with van der Waals surface area (Å²) in [6, 6.07) is 0. The Bertz CT molecular complexity index is 168. The Labute approximate surface area is 51.7 Å². The fourth-order valence-corrected chi connectivity index (χ4v) is 0.450. The molecule has 0 unspecified atom stereocenters. The highest BCUT2D eigenvalue weighted by Gasteiger charge is 1.94. The summed E-state index contributed by atoms with van der Waals surface area (Å²) in [6.07, 6.45) is 6.05. The normalized spacial score (nSPS) is 9.00. The average Bonchev–Trinajstić information content (AvgIpc) is 1.91. The number of hydrogen-bond acceptors (Lipinski definition) is 2. The number of alkyl halides is 1. The lowest BCUT2D eigenvalue weighted by atomic mass is 10.8. The molecule has 1 aromatic heterocycles. The lowest BCUT2D eigenvalue weighted by Gasteiger charge is -1.87. The van der Waals surface area contributed by atoms with Crippen molar-refractivity contribution in [2.45, 2.75) is 0 Å². The number of rotatable bonds is 2. The summed E-state index contributed by atoms with van der Waals surface area (Å²) in [5.41, 5.74) is 0. The fourth-order valence-electron chi connectivity index (χ4n) is 0.450. The van der Waals surface area contributed by atoms with Crippen LogP contribution >= 0.6 is 0 Å². The highest BCUT2D eigenvalue weighted by molar-refractivity contribution is 4.61. The molecule has 0 spiro atoms. The van der Waals surface area contributed by atoms with E-state index in [9.17, 15) is 4.39 Å². The Morgan fingerprint density at radius 3 is 2.67 bits per heavy atom. The Kier molecular flexibility index (Phi) is 1.95. The summed E-state index contributed by atoms with van der Waals surface area (Å²) in [7, 11) is 0. The number of nitrogens with zero attached hydrogens (tertiary/aromatic N) is 2. The van der Waals surface area contributed by atoms with Gasteiger partial charge in [0.05, 0.1) is 12.4 Å². The third-order valence-corrected chi connectivity index (χ3v) is 0.797. The predicted octanol–water partition coefficient (Wildman–Crippen LogP) is -0.275. The van der Waals surface area contributed by atoms with E-state index in [1.807, 2.05) is 0 Å². The number of halogens is 1. The Balaban J connectivity index is 2.61. The van der Waals surface area contributed by atoms with Crippen molar-refractivity contribution in [2.75, 3.05) is 6.86 Å². The molecule has 0 aliphatic carbocycles. The van der Waals surface area contributed by atoms with Crippen LogP contribution in [0.1, 0.15) is 0 Å². The van der Waals surface area contributed by atoms with Gasteiger partial charge >= 0.3 is 0 Å². The molecule has 0 aromatic carbocycles.